The average molecular weight is 267 g/mol. The zero-order valence-electron chi connectivity index (χ0n) is 11.3. The van der Waals surface area contributed by atoms with E-state index < -0.39 is 6.10 Å². The van der Waals surface area contributed by atoms with Crippen molar-refractivity contribution in [2.75, 3.05) is 27.3 Å². The Labute approximate surface area is 113 Å². The van der Waals surface area contributed by atoms with Crippen LogP contribution in [-0.4, -0.2) is 49.3 Å². The molecule has 1 aromatic carbocycles. The molecule has 0 aliphatic carbocycles. The number of rotatable bonds is 7. The lowest BCUT2D eigenvalue weighted by Gasteiger charge is -2.20. The maximum atomic E-state index is 11.3. The van der Waals surface area contributed by atoms with E-state index in [9.17, 15) is 9.90 Å². The number of ether oxygens (including phenoxy) is 1. The van der Waals surface area contributed by atoms with Crippen LogP contribution >= 0.6 is 0 Å². The molecule has 4 N–H and O–H groups in total. The molecule has 0 saturated heterocycles. The van der Waals surface area contributed by atoms with Gasteiger partial charge in [-0.3, -0.25) is 15.1 Å². The number of nitrogens with two attached hydrogens (primary N) is 1. The van der Waals surface area contributed by atoms with Crippen molar-refractivity contribution < 1.29 is 14.6 Å². The smallest absolute Gasteiger partial charge is 0.265 e. The van der Waals surface area contributed by atoms with E-state index in [1.54, 1.807) is 19.2 Å². The third-order valence-corrected chi connectivity index (χ3v) is 2.68. The Kier molecular flexibility index (Phi) is 6.44. The summed E-state index contributed by atoms with van der Waals surface area (Å²) in [5.41, 5.74) is 3.66. The third kappa shape index (κ3) is 5.35. The number of benzene rings is 1. The number of likely N-dealkylation sites (N-methyl/N-ethyl adjacent to an activating group) is 1. The molecular weight excluding hydrogens is 246 g/mol. The van der Waals surface area contributed by atoms with E-state index >= 15 is 0 Å². The molecule has 0 bridgehead atoms. The fourth-order valence-corrected chi connectivity index (χ4v) is 1.83. The molecule has 0 fully saturated rings. The lowest BCUT2D eigenvalue weighted by atomic mass is 10.1. The first-order valence-electron chi connectivity index (χ1n) is 6.02. The molecule has 0 aromatic heterocycles. The highest BCUT2D eigenvalue weighted by Gasteiger charge is 2.09. The quantitative estimate of drug-likeness (QED) is 0.359. The predicted molar refractivity (Wildman–Crippen MR) is 72.3 cm³/mol. The molecule has 0 heterocycles. The summed E-state index contributed by atoms with van der Waals surface area (Å²) in [5.74, 6) is 4.75. The minimum Gasteiger partial charge on any atom is -0.389 e. The van der Waals surface area contributed by atoms with Crippen molar-refractivity contribution in [2.45, 2.75) is 12.6 Å². The number of hydrogen-bond acceptors (Lipinski definition) is 5. The van der Waals surface area contributed by atoms with E-state index in [1.165, 1.54) is 0 Å². The van der Waals surface area contributed by atoms with Gasteiger partial charge < -0.3 is 9.84 Å². The summed E-state index contributed by atoms with van der Waals surface area (Å²) in [5, 5.41) is 9.61. The van der Waals surface area contributed by atoms with Crippen molar-refractivity contribution in [2.24, 2.45) is 5.84 Å². The van der Waals surface area contributed by atoms with Crippen LogP contribution in [0.25, 0.3) is 0 Å². The summed E-state index contributed by atoms with van der Waals surface area (Å²) in [4.78, 5) is 13.3. The van der Waals surface area contributed by atoms with E-state index in [4.69, 9.17) is 10.6 Å². The summed E-state index contributed by atoms with van der Waals surface area (Å²) in [6, 6.07) is 7.17. The normalized spacial score (nSPS) is 12.5. The van der Waals surface area contributed by atoms with Crippen molar-refractivity contribution in [1.29, 1.82) is 0 Å². The largest absolute Gasteiger partial charge is 0.389 e. The Bertz CT molecular complexity index is 395. The molecule has 0 radical (unpaired) electrons. The van der Waals surface area contributed by atoms with Crippen LogP contribution in [0.4, 0.5) is 0 Å². The zero-order valence-corrected chi connectivity index (χ0v) is 11.3. The highest BCUT2D eigenvalue weighted by atomic mass is 16.5. The van der Waals surface area contributed by atoms with Gasteiger partial charge in [0.15, 0.2) is 0 Å². The van der Waals surface area contributed by atoms with Crippen molar-refractivity contribution in [3.8, 4) is 0 Å². The number of methoxy groups -OCH3 is 1. The van der Waals surface area contributed by atoms with Gasteiger partial charge in [-0.05, 0) is 24.7 Å². The van der Waals surface area contributed by atoms with Gasteiger partial charge in [0.25, 0.3) is 5.91 Å². The SMILES string of the molecule is COCC(O)CN(C)Cc1ccc(C(=O)NN)cc1. The highest BCUT2D eigenvalue weighted by Crippen LogP contribution is 2.07. The van der Waals surface area contributed by atoms with Crippen molar-refractivity contribution in [3.63, 3.8) is 0 Å². The standard InChI is InChI=1S/C13H21N3O3/c1-16(8-12(17)9-19-2)7-10-3-5-11(6-4-10)13(18)15-14/h3-6,12,17H,7-9,14H2,1-2H3,(H,15,18). The Balaban J connectivity index is 2.50. The number of nitrogens with zero attached hydrogens (tertiary/aromatic N) is 1. The average Bonchev–Trinajstić information content (AvgIpc) is 2.38. The van der Waals surface area contributed by atoms with Crippen LogP contribution < -0.4 is 11.3 Å². The number of amides is 1. The number of aliphatic hydroxyl groups excluding tert-OH is 1. The Morgan fingerprint density at radius 2 is 2.11 bits per heavy atom. The lowest BCUT2D eigenvalue weighted by molar-refractivity contribution is 0.0419. The zero-order chi connectivity index (χ0) is 14.3. The number of nitrogen functional groups attached to an aromatic ring is 1. The second-order valence-electron chi connectivity index (χ2n) is 4.48. The van der Waals surface area contributed by atoms with E-state index in [2.05, 4.69) is 5.43 Å². The fraction of sp³-hybridized carbons (Fsp3) is 0.462. The molecular formula is C13H21N3O3. The maximum absolute atomic E-state index is 11.3. The van der Waals surface area contributed by atoms with Crippen LogP contribution in [0.3, 0.4) is 0 Å². The van der Waals surface area contributed by atoms with Crippen molar-refractivity contribution in [1.82, 2.24) is 10.3 Å². The summed E-state index contributed by atoms with van der Waals surface area (Å²) >= 11 is 0. The molecule has 1 unspecified atom stereocenters. The van der Waals surface area contributed by atoms with Crippen molar-refractivity contribution >= 4 is 5.91 Å². The maximum Gasteiger partial charge on any atom is 0.265 e. The van der Waals surface area contributed by atoms with Gasteiger partial charge >= 0.3 is 0 Å². The number of carbonyl (C=O) groups is 1. The third-order valence-electron chi connectivity index (χ3n) is 2.68. The monoisotopic (exact) mass is 267 g/mol. The highest BCUT2D eigenvalue weighted by molar-refractivity contribution is 5.93. The first-order valence-corrected chi connectivity index (χ1v) is 6.02. The Morgan fingerprint density at radius 1 is 1.47 bits per heavy atom. The fourth-order valence-electron chi connectivity index (χ4n) is 1.83. The molecule has 6 heteroatoms. The first-order chi connectivity index (χ1) is 9.06. The molecule has 6 nitrogen and oxygen atoms in total. The minimum atomic E-state index is -0.503. The van der Waals surface area contributed by atoms with Crippen LogP contribution in [0, 0.1) is 0 Å². The molecule has 0 aliphatic heterocycles. The Morgan fingerprint density at radius 3 is 2.63 bits per heavy atom. The molecule has 0 saturated carbocycles. The number of hydrazine groups is 1. The molecule has 1 atom stereocenters. The predicted octanol–water partition coefficient (Wildman–Crippen LogP) is -0.271. The molecule has 0 spiro atoms. The lowest BCUT2D eigenvalue weighted by Crippen LogP contribution is -2.31. The van der Waals surface area contributed by atoms with Gasteiger partial charge in [-0.1, -0.05) is 12.1 Å². The van der Waals surface area contributed by atoms with Crippen LogP contribution in [0.5, 0.6) is 0 Å². The molecule has 1 rings (SSSR count). The summed E-state index contributed by atoms with van der Waals surface area (Å²) < 4.78 is 4.88. The summed E-state index contributed by atoms with van der Waals surface area (Å²) in [7, 11) is 3.48. The van der Waals surface area contributed by atoms with Gasteiger partial charge in [0, 0.05) is 25.8 Å². The van der Waals surface area contributed by atoms with Crippen LogP contribution in [-0.2, 0) is 11.3 Å². The van der Waals surface area contributed by atoms with Crippen LogP contribution in [0.1, 0.15) is 15.9 Å². The van der Waals surface area contributed by atoms with Crippen LogP contribution in [0.15, 0.2) is 24.3 Å². The number of nitrogens with one attached hydrogen (secondary N) is 1. The molecule has 0 aliphatic rings. The van der Waals surface area contributed by atoms with E-state index in [-0.39, 0.29) is 5.91 Å². The second kappa shape index (κ2) is 7.85. The van der Waals surface area contributed by atoms with Gasteiger partial charge in [0.05, 0.1) is 12.7 Å². The number of hydrogen-bond donors (Lipinski definition) is 3. The summed E-state index contributed by atoms with van der Waals surface area (Å²) in [6.45, 7) is 1.53. The van der Waals surface area contributed by atoms with Gasteiger partial charge in [0.2, 0.25) is 0 Å². The minimum absolute atomic E-state index is 0.310. The van der Waals surface area contributed by atoms with Gasteiger partial charge in [-0.15, -0.1) is 0 Å². The van der Waals surface area contributed by atoms with Crippen LogP contribution in [0.2, 0.25) is 0 Å². The molecule has 1 amide bonds. The molecule has 19 heavy (non-hydrogen) atoms. The molecule has 1 aromatic rings. The van der Waals surface area contributed by atoms with Gasteiger partial charge in [-0.2, -0.15) is 0 Å². The summed E-state index contributed by atoms with van der Waals surface area (Å²) in [6.07, 6.45) is -0.503. The topological polar surface area (TPSA) is 87.8 Å². The van der Waals surface area contributed by atoms with Gasteiger partial charge in [-0.25, -0.2) is 5.84 Å². The number of aliphatic hydroxyl groups is 1. The van der Waals surface area contributed by atoms with Gasteiger partial charge in [0.1, 0.15) is 0 Å². The van der Waals surface area contributed by atoms with E-state index in [1.807, 2.05) is 24.1 Å². The second-order valence-corrected chi connectivity index (χ2v) is 4.48. The van der Waals surface area contributed by atoms with Crippen molar-refractivity contribution in [3.05, 3.63) is 35.4 Å². The Hall–Kier alpha value is -1.47. The number of carbonyl (C=O) groups excluding carboxylic acids is 1. The first kappa shape index (κ1) is 15.6. The molecule has 106 valence electrons. The van der Waals surface area contributed by atoms with E-state index in [0.29, 0.717) is 25.3 Å². The van der Waals surface area contributed by atoms with E-state index in [0.717, 1.165) is 5.56 Å².